The van der Waals surface area contributed by atoms with Crippen molar-refractivity contribution in [3.05, 3.63) is 76.8 Å². The maximum atomic E-state index is 13.4. The molecule has 0 amide bonds. The number of halogens is 2. The van der Waals surface area contributed by atoms with Gasteiger partial charge in [0.15, 0.2) is 0 Å². The molecule has 0 aliphatic carbocycles. The van der Waals surface area contributed by atoms with Crippen LogP contribution < -0.4 is 10.5 Å². The van der Waals surface area contributed by atoms with Gasteiger partial charge in [0.2, 0.25) is 0 Å². The second-order valence-corrected chi connectivity index (χ2v) is 7.40. The van der Waals surface area contributed by atoms with Gasteiger partial charge in [-0.1, -0.05) is 17.7 Å². The number of aliphatic imine (C=N–C) groups is 1. The van der Waals surface area contributed by atoms with Crippen LogP contribution >= 0.6 is 11.6 Å². The lowest BCUT2D eigenvalue weighted by Gasteiger charge is -2.06. The molecule has 0 unspecified atom stereocenters. The van der Waals surface area contributed by atoms with E-state index in [0.29, 0.717) is 33.2 Å². The molecule has 0 saturated heterocycles. The highest BCUT2D eigenvalue weighted by Gasteiger charge is 2.12. The van der Waals surface area contributed by atoms with Crippen LogP contribution in [0.5, 0.6) is 5.75 Å². The van der Waals surface area contributed by atoms with Gasteiger partial charge < -0.3 is 10.5 Å². The molecule has 0 fully saturated rings. The molecule has 8 heteroatoms. The molecular formula is C23H18ClFN4O2. The molecule has 2 aromatic carbocycles. The number of nitrogens with zero attached hydrogens (tertiary/aromatic N) is 3. The number of nitrogen functional groups attached to an aromatic ring is 1. The molecule has 4 aromatic rings. The fourth-order valence-electron chi connectivity index (χ4n) is 3.25. The first-order chi connectivity index (χ1) is 14.8. The molecule has 0 saturated carbocycles. The van der Waals surface area contributed by atoms with Crippen molar-refractivity contribution in [2.24, 2.45) is 4.99 Å². The summed E-state index contributed by atoms with van der Waals surface area (Å²) in [6.45, 7) is 3.30. The Morgan fingerprint density at radius 1 is 1.26 bits per heavy atom. The summed E-state index contributed by atoms with van der Waals surface area (Å²) in [6.07, 6.45) is 4.96. The number of carbonyl (C=O) groups excluding carboxylic acids is 1. The molecule has 2 aromatic heterocycles. The topological polar surface area (TPSA) is 82.0 Å². The van der Waals surface area contributed by atoms with Crippen LogP contribution in [0.2, 0.25) is 5.02 Å². The lowest BCUT2D eigenvalue weighted by atomic mass is 10.0. The molecule has 0 spiro atoms. The smallest absolute Gasteiger partial charge is 0.308 e. The Labute approximate surface area is 182 Å². The molecule has 2 heterocycles. The summed E-state index contributed by atoms with van der Waals surface area (Å²) in [4.78, 5) is 15.4. The Balaban J connectivity index is 1.69. The van der Waals surface area contributed by atoms with Crippen LogP contribution in [0.25, 0.3) is 16.6 Å². The maximum absolute atomic E-state index is 13.4. The zero-order chi connectivity index (χ0) is 22.1. The number of hydrogen-bond donors (Lipinski definition) is 1. The number of aromatic nitrogens is 2. The van der Waals surface area contributed by atoms with Crippen molar-refractivity contribution >= 4 is 40.7 Å². The summed E-state index contributed by atoms with van der Waals surface area (Å²) >= 11 is 6.06. The Bertz CT molecular complexity index is 1350. The van der Waals surface area contributed by atoms with Crippen LogP contribution in [0.1, 0.15) is 18.1 Å². The number of anilines is 1. The summed E-state index contributed by atoms with van der Waals surface area (Å²) in [5, 5.41) is 4.73. The maximum Gasteiger partial charge on any atom is 0.308 e. The number of ether oxygens (including phenoxy) is 1. The minimum atomic E-state index is -0.426. The van der Waals surface area contributed by atoms with E-state index in [9.17, 15) is 9.18 Å². The largest absolute Gasteiger partial charge is 0.427 e. The minimum Gasteiger partial charge on any atom is -0.427 e. The molecule has 6 nitrogen and oxygen atoms in total. The summed E-state index contributed by atoms with van der Waals surface area (Å²) in [6, 6.07) is 11.3. The zero-order valence-corrected chi connectivity index (χ0v) is 17.5. The van der Waals surface area contributed by atoms with E-state index in [4.69, 9.17) is 22.1 Å². The normalized spacial score (nSPS) is 11.4. The average Bonchev–Trinajstić information content (AvgIpc) is 3.14. The van der Waals surface area contributed by atoms with Crippen LogP contribution in [0.15, 0.2) is 59.9 Å². The van der Waals surface area contributed by atoms with Gasteiger partial charge in [0.05, 0.1) is 28.1 Å². The van der Waals surface area contributed by atoms with Gasteiger partial charge in [-0.25, -0.2) is 8.91 Å². The van der Waals surface area contributed by atoms with E-state index >= 15 is 0 Å². The Morgan fingerprint density at radius 2 is 2.06 bits per heavy atom. The van der Waals surface area contributed by atoms with Gasteiger partial charge >= 0.3 is 5.97 Å². The SMILES string of the molecule is CC(=O)Oc1ccc(-c2cc3c(N)c(C=Nc4cc(F)ccc4Cl)cnn3c2)c(C)c1. The van der Waals surface area contributed by atoms with Gasteiger partial charge in [-0.3, -0.25) is 9.79 Å². The van der Waals surface area contributed by atoms with Crippen LogP contribution in [0.3, 0.4) is 0 Å². The highest BCUT2D eigenvalue weighted by Crippen LogP contribution is 2.31. The monoisotopic (exact) mass is 436 g/mol. The number of carbonyl (C=O) groups is 1. The van der Waals surface area contributed by atoms with Gasteiger partial charge in [0.25, 0.3) is 0 Å². The second kappa shape index (κ2) is 8.20. The fraction of sp³-hybridized carbons (Fsp3) is 0.0870. The van der Waals surface area contributed by atoms with Crippen molar-refractivity contribution in [3.63, 3.8) is 0 Å². The van der Waals surface area contributed by atoms with Crippen LogP contribution in [-0.2, 0) is 4.79 Å². The van der Waals surface area contributed by atoms with E-state index in [1.165, 1.54) is 31.3 Å². The molecule has 31 heavy (non-hydrogen) atoms. The standard InChI is InChI=1S/C23H18ClFN4O2/c1-13-7-18(31-14(2)30)4-5-19(13)15-8-22-23(26)16(11-28-29(22)12-15)10-27-21-9-17(25)3-6-20(21)24/h3-12H,26H2,1-2H3. The number of aryl methyl sites for hydroxylation is 1. The van der Waals surface area contributed by atoms with E-state index in [0.717, 1.165) is 16.7 Å². The lowest BCUT2D eigenvalue weighted by molar-refractivity contribution is -0.131. The Hall–Kier alpha value is -3.71. The van der Waals surface area contributed by atoms with Crippen LogP contribution in [-0.4, -0.2) is 21.8 Å². The first-order valence-corrected chi connectivity index (χ1v) is 9.75. The third-order valence-electron chi connectivity index (χ3n) is 4.73. The highest BCUT2D eigenvalue weighted by molar-refractivity contribution is 6.33. The number of esters is 1. The summed E-state index contributed by atoms with van der Waals surface area (Å²) in [5.41, 5.74) is 11.2. The minimum absolute atomic E-state index is 0.306. The predicted octanol–water partition coefficient (Wildman–Crippen LogP) is 5.36. The fourth-order valence-corrected chi connectivity index (χ4v) is 3.42. The first kappa shape index (κ1) is 20.6. The van der Waals surface area contributed by atoms with Gasteiger partial charge in [-0.05, 0) is 48.4 Å². The van der Waals surface area contributed by atoms with Gasteiger partial charge in [0, 0.05) is 36.5 Å². The predicted molar refractivity (Wildman–Crippen MR) is 120 cm³/mol. The molecule has 0 radical (unpaired) electrons. The molecule has 0 atom stereocenters. The third-order valence-corrected chi connectivity index (χ3v) is 5.05. The van der Waals surface area contributed by atoms with Gasteiger partial charge in [-0.15, -0.1) is 0 Å². The molecular weight excluding hydrogens is 419 g/mol. The quantitative estimate of drug-likeness (QED) is 0.265. The molecule has 4 rings (SSSR count). The molecule has 156 valence electrons. The number of benzene rings is 2. The van der Waals surface area contributed by atoms with Crippen molar-refractivity contribution < 1.29 is 13.9 Å². The van der Waals surface area contributed by atoms with Crippen molar-refractivity contribution in [2.75, 3.05) is 5.73 Å². The summed E-state index contributed by atoms with van der Waals surface area (Å²) in [5.74, 6) is -0.304. The van der Waals surface area contributed by atoms with Crippen LogP contribution in [0.4, 0.5) is 15.8 Å². The lowest BCUT2D eigenvalue weighted by Crippen LogP contribution is -2.01. The van der Waals surface area contributed by atoms with Crippen molar-refractivity contribution in [1.82, 2.24) is 9.61 Å². The molecule has 0 aliphatic rings. The zero-order valence-electron chi connectivity index (χ0n) is 16.8. The summed E-state index contributed by atoms with van der Waals surface area (Å²) < 4.78 is 20.3. The molecule has 0 aliphatic heterocycles. The van der Waals surface area contributed by atoms with Gasteiger partial charge in [0.1, 0.15) is 11.6 Å². The van der Waals surface area contributed by atoms with Crippen LogP contribution in [0, 0.1) is 12.7 Å². The van der Waals surface area contributed by atoms with Gasteiger partial charge in [-0.2, -0.15) is 5.10 Å². The molecule has 0 bridgehead atoms. The van der Waals surface area contributed by atoms with Crippen molar-refractivity contribution in [2.45, 2.75) is 13.8 Å². The van der Waals surface area contributed by atoms with Crippen molar-refractivity contribution in [3.8, 4) is 16.9 Å². The Morgan fingerprint density at radius 3 is 2.81 bits per heavy atom. The first-order valence-electron chi connectivity index (χ1n) is 9.37. The number of nitrogens with two attached hydrogens (primary N) is 1. The van der Waals surface area contributed by atoms with E-state index < -0.39 is 5.82 Å². The number of hydrogen-bond acceptors (Lipinski definition) is 5. The summed E-state index contributed by atoms with van der Waals surface area (Å²) in [7, 11) is 0. The number of fused-ring (bicyclic) bond motifs is 1. The highest BCUT2D eigenvalue weighted by atomic mass is 35.5. The van der Waals surface area contributed by atoms with Crippen molar-refractivity contribution in [1.29, 1.82) is 0 Å². The third kappa shape index (κ3) is 4.27. The number of rotatable bonds is 4. The molecule has 2 N–H and O–H groups in total. The van der Waals surface area contributed by atoms with E-state index in [2.05, 4.69) is 10.1 Å². The Kier molecular flexibility index (Phi) is 5.44. The van der Waals surface area contributed by atoms with E-state index in [1.807, 2.05) is 25.3 Å². The van der Waals surface area contributed by atoms with E-state index in [1.54, 1.807) is 22.8 Å². The average molecular weight is 437 g/mol. The van der Waals surface area contributed by atoms with E-state index in [-0.39, 0.29) is 5.97 Å². The second-order valence-electron chi connectivity index (χ2n) is 7.00.